The fourth-order valence-corrected chi connectivity index (χ4v) is 8.36. The fraction of sp³-hybridized carbons (Fsp3) is 0.847. The van der Waals surface area contributed by atoms with Crippen molar-refractivity contribution in [3.05, 3.63) is 36.5 Å². The molecule has 1 atom stereocenters. The van der Waals surface area contributed by atoms with Gasteiger partial charge in [-0.2, -0.15) is 0 Å². The predicted molar refractivity (Wildman–Crippen MR) is 279 cm³/mol. The maximum absolute atomic E-state index is 12.8. The number of unbranched alkanes of at least 4 members (excludes halogenated alkanes) is 35. The number of ether oxygens (including phenoxy) is 3. The van der Waals surface area contributed by atoms with Gasteiger partial charge in [-0.1, -0.05) is 250 Å². The predicted octanol–water partition coefficient (Wildman–Crippen LogP) is 18.9. The van der Waals surface area contributed by atoms with Crippen molar-refractivity contribution in [2.75, 3.05) is 13.2 Å². The van der Waals surface area contributed by atoms with Gasteiger partial charge in [0.25, 0.3) is 0 Å². The first-order valence-corrected chi connectivity index (χ1v) is 28.5. The van der Waals surface area contributed by atoms with Crippen LogP contribution in [0.3, 0.4) is 0 Å². The maximum Gasteiger partial charge on any atom is 0.306 e. The molecule has 0 aliphatic carbocycles. The van der Waals surface area contributed by atoms with Crippen molar-refractivity contribution in [1.29, 1.82) is 0 Å². The molecule has 0 heterocycles. The zero-order valence-electron chi connectivity index (χ0n) is 43.5. The van der Waals surface area contributed by atoms with Crippen LogP contribution >= 0.6 is 0 Å². The average molecular weight is 914 g/mol. The molecule has 6 nitrogen and oxygen atoms in total. The highest BCUT2D eigenvalue weighted by Crippen LogP contribution is 2.17. The average Bonchev–Trinajstić information content (AvgIpc) is 3.30. The van der Waals surface area contributed by atoms with Crippen LogP contribution in [0.25, 0.3) is 0 Å². The number of rotatable bonds is 52. The first-order chi connectivity index (χ1) is 32.0. The van der Waals surface area contributed by atoms with Gasteiger partial charge in [0.2, 0.25) is 0 Å². The number of hydrogen-bond acceptors (Lipinski definition) is 6. The van der Waals surface area contributed by atoms with E-state index in [1.807, 2.05) is 0 Å². The lowest BCUT2D eigenvalue weighted by atomic mass is 10.0. The van der Waals surface area contributed by atoms with Crippen molar-refractivity contribution in [3.8, 4) is 0 Å². The van der Waals surface area contributed by atoms with E-state index in [0.717, 1.165) is 89.9 Å². The highest BCUT2D eigenvalue weighted by atomic mass is 16.6. The summed E-state index contributed by atoms with van der Waals surface area (Å²) < 4.78 is 16.8. The summed E-state index contributed by atoms with van der Waals surface area (Å²) in [5.74, 6) is -0.885. The van der Waals surface area contributed by atoms with Gasteiger partial charge in [0.1, 0.15) is 13.2 Å². The van der Waals surface area contributed by atoms with Crippen LogP contribution in [0.5, 0.6) is 0 Å². The Labute approximate surface area is 404 Å². The summed E-state index contributed by atoms with van der Waals surface area (Å²) in [6, 6.07) is 0. The Morgan fingerprint density at radius 3 is 0.938 bits per heavy atom. The van der Waals surface area contributed by atoms with Gasteiger partial charge < -0.3 is 14.2 Å². The Morgan fingerprint density at radius 1 is 0.323 bits per heavy atom. The first kappa shape index (κ1) is 62.6. The van der Waals surface area contributed by atoms with Gasteiger partial charge in [0.05, 0.1) is 0 Å². The third-order valence-corrected chi connectivity index (χ3v) is 12.6. The van der Waals surface area contributed by atoms with E-state index < -0.39 is 6.10 Å². The minimum absolute atomic E-state index is 0.0766. The molecule has 380 valence electrons. The summed E-state index contributed by atoms with van der Waals surface area (Å²) in [6.45, 7) is 6.55. The molecule has 0 bridgehead atoms. The Bertz CT molecular complexity index is 1090. The van der Waals surface area contributed by atoms with Gasteiger partial charge in [0.15, 0.2) is 6.10 Å². The van der Waals surface area contributed by atoms with E-state index in [1.165, 1.54) is 173 Å². The smallest absolute Gasteiger partial charge is 0.306 e. The lowest BCUT2D eigenvalue weighted by Crippen LogP contribution is -2.30. The Kier molecular flexibility index (Phi) is 52.3. The van der Waals surface area contributed by atoms with Crippen molar-refractivity contribution in [2.24, 2.45) is 0 Å². The molecular formula is C59H108O6. The van der Waals surface area contributed by atoms with Crippen molar-refractivity contribution < 1.29 is 28.6 Å². The summed E-state index contributed by atoms with van der Waals surface area (Å²) >= 11 is 0. The normalized spacial score (nSPS) is 12.2. The quantitative estimate of drug-likeness (QED) is 0.0262. The Morgan fingerprint density at radius 2 is 0.600 bits per heavy atom. The van der Waals surface area contributed by atoms with Crippen LogP contribution in [0.1, 0.15) is 303 Å². The molecule has 0 aromatic carbocycles. The minimum Gasteiger partial charge on any atom is -0.462 e. The van der Waals surface area contributed by atoms with Crippen LogP contribution in [0.15, 0.2) is 36.5 Å². The van der Waals surface area contributed by atoms with E-state index in [-0.39, 0.29) is 31.1 Å². The molecule has 0 aromatic heterocycles. The molecule has 1 unspecified atom stereocenters. The molecule has 0 saturated heterocycles. The second kappa shape index (κ2) is 54.2. The molecule has 0 spiro atoms. The second-order valence-electron chi connectivity index (χ2n) is 19.2. The second-order valence-corrected chi connectivity index (χ2v) is 19.2. The molecule has 0 aliphatic heterocycles. The molecule has 0 saturated carbocycles. The summed E-state index contributed by atoms with van der Waals surface area (Å²) in [6.07, 6.45) is 64.3. The van der Waals surface area contributed by atoms with Crippen LogP contribution in [0, 0.1) is 0 Å². The van der Waals surface area contributed by atoms with E-state index in [2.05, 4.69) is 57.2 Å². The number of carbonyl (C=O) groups excluding carboxylic acids is 3. The van der Waals surface area contributed by atoms with Gasteiger partial charge in [-0.3, -0.25) is 14.4 Å². The SMILES string of the molecule is CC/C=C\C/C=C\CCCCCCCC(=O)OCC(COC(=O)CCCCCCCCCCCCCCCCCCCCC)OC(=O)CCCCCCC/C=C\CCCCCCCCC. The van der Waals surface area contributed by atoms with Gasteiger partial charge in [-0.25, -0.2) is 0 Å². The standard InChI is InChI=1S/C59H108O6/c1-4-7-10-13-16-19-22-25-27-29-30-31-33-34-37-40-43-46-49-52-58(61)64-55-56(54-63-57(60)51-48-45-42-39-36-24-21-18-15-12-9-6-3)65-59(62)53-50-47-44-41-38-35-32-28-26-23-20-17-14-11-8-5-2/h9,12,18,21,28,32,56H,4-8,10-11,13-17,19-20,22-27,29-31,33-55H2,1-3H3/b12-9-,21-18-,32-28-. The van der Waals surface area contributed by atoms with Gasteiger partial charge >= 0.3 is 17.9 Å². The maximum atomic E-state index is 12.8. The third kappa shape index (κ3) is 52.5. The largest absolute Gasteiger partial charge is 0.462 e. The summed E-state index contributed by atoms with van der Waals surface area (Å²) in [5, 5.41) is 0. The van der Waals surface area contributed by atoms with Crippen molar-refractivity contribution in [3.63, 3.8) is 0 Å². The lowest BCUT2D eigenvalue weighted by molar-refractivity contribution is -0.167. The van der Waals surface area contributed by atoms with E-state index in [0.29, 0.717) is 19.3 Å². The summed E-state index contributed by atoms with van der Waals surface area (Å²) in [5.41, 5.74) is 0. The Hall–Kier alpha value is -2.37. The van der Waals surface area contributed by atoms with Gasteiger partial charge in [0, 0.05) is 19.3 Å². The molecule has 0 amide bonds. The number of hydrogen-bond donors (Lipinski definition) is 0. The van der Waals surface area contributed by atoms with Crippen molar-refractivity contribution in [1.82, 2.24) is 0 Å². The van der Waals surface area contributed by atoms with E-state index >= 15 is 0 Å². The van der Waals surface area contributed by atoms with Crippen LogP contribution in [-0.2, 0) is 28.6 Å². The van der Waals surface area contributed by atoms with Crippen molar-refractivity contribution >= 4 is 17.9 Å². The Balaban J connectivity index is 4.31. The van der Waals surface area contributed by atoms with E-state index in [9.17, 15) is 14.4 Å². The molecule has 0 rings (SSSR count). The molecule has 0 fully saturated rings. The zero-order chi connectivity index (χ0) is 47.2. The third-order valence-electron chi connectivity index (χ3n) is 12.6. The minimum atomic E-state index is -0.779. The van der Waals surface area contributed by atoms with E-state index in [1.54, 1.807) is 0 Å². The highest BCUT2D eigenvalue weighted by Gasteiger charge is 2.19. The number of carbonyl (C=O) groups is 3. The zero-order valence-corrected chi connectivity index (χ0v) is 43.5. The molecule has 0 aliphatic rings. The molecule has 65 heavy (non-hydrogen) atoms. The first-order valence-electron chi connectivity index (χ1n) is 28.5. The van der Waals surface area contributed by atoms with Crippen LogP contribution in [0.4, 0.5) is 0 Å². The highest BCUT2D eigenvalue weighted by molar-refractivity contribution is 5.71. The molecule has 0 radical (unpaired) electrons. The van der Waals surface area contributed by atoms with Gasteiger partial charge in [-0.05, 0) is 70.6 Å². The molecule has 0 aromatic rings. The van der Waals surface area contributed by atoms with Crippen LogP contribution < -0.4 is 0 Å². The molecular weight excluding hydrogens is 805 g/mol. The molecule has 6 heteroatoms. The lowest BCUT2D eigenvalue weighted by Gasteiger charge is -2.18. The van der Waals surface area contributed by atoms with Gasteiger partial charge in [-0.15, -0.1) is 0 Å². The summed E-state index contributed by atoms with van der Waals surface area (Å²) in [7, 11) is 0. The van der Waals surface area contributed by atoms with Crippen LogP contribution in [0.2, 0.25) is 0 Å². The summed E-state index contributed by atoms with van der Waals surface area (Å²) in [4.78, 5) is 38.1. The topological polar surface area (TPSA) is 78.9 Å². The van der Waals surface area contributed by atoms with Crippen LogP contribution in [-0.4, -0.2) is 37.2 Å². The monoisotopic (exact) mass is 913 g/mol. The molecule has 0 N–H and O–H groups in total. The number of esters is 3. The van der Waals surface area contributed by atoms with Crippen molar-refractivity contribution in [2.45, 2.75) is 309 Å². The number of allylic oxidation sites excluding steroid dienone is 6. The fourth-order valence-electron chi connectivity index (χ4n) is 8.36. The van der Waals surface area contributed by atoms with E-state index in [4.69, 9.17) is 14.2 Å².